The van der Waals surface area contributed by atoms with Gasteiger partial charge in [0.1, 0.15) is 5.25 Å². The van der Waals surface area contributed by atoms with Crippen molar-refractivity contribution in [1.82, 2.24) is 0 Å². The van der Waals surface area contributed by atoms with E-state index in [0.29, 0.717) is 6.42 Å². The molecule has 0 spiro atoms. The van der Waals surface area contributed by atoms with Crippen LogP contribution in [0.15, 0.2) is 0 Å². The minimum Gasteiger partial charge on any atom is -0.480 e. The fourth-order valence-electron chi connectivity index (χ4n) is 1.61. The Balaban J connectivity index is 2.41. The summed E-state index contributed by atoms with van der Waals surface area (Å²) in [4.78, 5) is 10.7. The Morgan fingerprint density at radius 3 is 2.69 bits per heavy atom. The lowest BCUT2D eigenvalue weighted by Crippen LogP contribution is -2.23. The molecule has 0 saturated heterocycles. The minimum absolute atomic E-state index is 0.140. The number of thioether (sulfide) groups is 1. The van der Waals surface area contributed by atoms with E-state index in [4.69, 9.17) is 5.11 Å². The third kappa shape index (κ3) is 2.88. The highest BCUT2D eigenvalue weighted by Gasteiger charge is 2.30. The van der Waals surface area contributed by atoms with E-state index in [2.05, 4.69) is 0 Å². The minimum atomic E-state index is -0.758. The summed E-state index contributed by atoms with van der Waals surface area (Å²) in [5.41, 5.74) is 0. The van der Waals surface area contributed by atoms with Crippen LogP contribution < -0.4 is 0 Å². The van der Waals surface area contributed by atoms with Crippen molar-refractivity contribution in [2.45, 2.75) is 49.2 Å². The first-order valence-electron chi connectivity index (χ1n) is 4.71. The van der Waals surface area contributed by atoms with E-state index < -0.39 is 5.97 Å². The summed E-state index contributed by atoms with van der Waals surface area (Å²) in [6, 6.07) is 0. The van der Waals surface area contributed by atoms with Crippen molar-refractivity contribution in [3.05, 3.63) is 0 Å². The van der Waals surface area contributed by atoms with E-state index in [0.717, 1.165) is 19.3 Å². The van der Waals surface area contributed by atoms with E-state index in [-0.39, 0.29) is 16.6 Å². The maximum Gasteiger partial charge on any atom is 0.316 e. The molecule has 0 heterocycles. The molecule has 4 heteroatoms. The van der Waals surface area contributed by atoms with Gasteiger partial charge in [-0.15, -0.1) is 11.8 Å². The number of aliphatic carboxylic acids is 1. The van der Waals surface area contributed by atoms with Gasteiger partial charge < -0.3 is 10.2 Å². The molecular formula is C9H16O3S. The Kier molecular flexibility index (Phi) is 4.06. The molecule has 3 nitrogen and oxygen atoms in total. The average Bonchev–Trinajstić information content (AvgIpc) is 2.46. The summed E-state index contributed by atoms with van der Waals surface area (Å²) in [6.07, 6.45) is 3.14. The van der Waals surface area contributed by atoms with Gasteiger partial charge >= 0.3 is 5.97 Å². The van der Waals surface area contributed by atoms with Crippen LogP contribution in [0.3, 0.4) is 0 Å². The van der Waals surface area contributed by atoms with Gasteiger partial charge in [-0.3, -0.25) is 4.79 Å². The summed E-state index contributed by atoms with van der Waals surface area (Å²) in [6.45, 7) is 1.87. The Morgan fingerprint density at radius 1 is 1.62 bits per heavy atom. The molecule has 0 amide bonds. The number of carboxylic acids is 1. The van der Waals surface area contributed by atoms with Crippen LogP contribution in [0, 0.1) is 0 Å². The molecule has 0 radical (unpaired) electrons. The molecule has 2 N–H and O–H groups in total. The number of hydrogen-bond donors (Lipinski definition) is 2. The molecule has 0 aromatic heterocycles. The molecule has 1 saturated carbocycles. The van der Waals surface area contributed by atoms with Crippen LogP contribution in [-0.4, -0.2) is 32.8 Å². The van der Waals surface area contributed by atoms with E-state index in [9.17, 15) is 9.90 Å². The molecule has 0 bridgehead atoms. The molecule has 1 rings (SSSR count). The molecule has 0 aliphatic heterocycles. The van der Waals surface area contributed by atoms with Crippen molar-refractivity contribution in [3.8, 4) is 0 Å². The summed E-state index contributed by atoms with van der Waals surface area (Å²) in [5.74, 6) is -0.758. The highest BCUT2D eigenvalue weighted by atomic mass is 32.2. The van der Waals surface area contributed by atoms with Gasteiger partial charge in [-0.05, 0) is 25.7 Å². The monoisotopic (exact) mass is 204 g/mol. The largest absolute Gasteiger partial charge is 0.480 e. The van der Waals surface area contributed by atoms with Crippen LogP contribution in [0.2, 0.25) is 0 Å². The normalized spacial score (nSPS) is 30.3. The fraction of sp³-hybridized carbons (Fsp3) is 0.889. The quantitative estimate of drug-likeness (QED) is 0.728. The lowest BCUT2D eigenvalue weighted by atomic mass is 10.3. The van der Waals surface area contributed by atoms with Crippen LogP contribution >= 0.6 is 11.8 Å². The first-order chi connectivity index (χ1) is 6.15. The summed E-state index contributed by atoms with van der Waals surface area (Å²) in [7, 11) is 0. The highest BCUT2D eigenvalue weighted by Crippen LogP contribution is 2.33. The van der Waals surface area contributed by atoms with Crippen LogP contribution in [0.1, 0.15) is 32.6 Å². The first-order valence-corrected chi connectivity index (χ1v) is 5.65. The van der Waals surface area contributed by atoms with Crippen molar-refractivity contribution in [2.75, 3.05) is 0 Å². The molecule has 76 valence electrons. The van der Waals surface area contributed by atoms with Crippen LogP contribution in [0.25, 0.3) is 0 Å². The van der Waals surface area contributed by atoms with Gasteiger partial charge in [0.15, 0.2) is 0 Å². The van der Waals surface area contributed by atoms with Gasteiger partial charge in [-0.25, -0.2) is 0 Å². The fourth-order valence-corrected chi connectivity index (χ4v) is 2.96. The highest BCUT2D eigenvalue weighted by molar-refractivity contribution is 8.01. The van der Waals surface area contributed by atoms with Crippen molar-refractivity contribution in [1.29, 1.82) is 0 Å². The lowest BCUT2D eigenvalue weighted by molar-refractivity contribution is -0.136. The lowest BCUT2D eigenvalue weighted by Gasteiger charge is -2.17. The Morgan fingerprint density at radius 2 is 2.31 bits per heavy atom. The van der Waals surface area contributed by atoms with Crippen LogP contribution in [0.5, 0.6) is 0 Å². The number of hydrogen-bond acceptors (Lipinski definition) is 3. The smallest absolute Gasteiger partial charge is 0.316 e. The molecule has 0 aromatic rings. The van der Waals surface area contributed by atoms with Gasteiger partial charge in [0, 0.05) is 5.25 Å². The second kappa shape index (κ2) is 4.86. The van der Waals surface area contributed by atoms with Crippen LogP contribution in [-0.2, 0) is 4.79 Å². The Bertz CT molecular complexity index is 184. The topological polar surface area (TPSA) is 57.5 Å². The number of carbonyl (C=O) groups is 1. The molecule has 1 fully saturated rings. The van der Waals surface area contributed by atoms with Crippen molar-refractivity contribution < 1.29 is 15.0 Å². The molecule has 3 atom stereocenters. The van der Waals surface area contributed by atoms with E-state index in [1.807, 2.05) is 6.92 Å². The van der Waals surface area contributed by atoms with Crippen molar-refractivity contribution in [3.63, 3.8) is 0 Å². The summed E-state index contributed by atoms with van der Waals surface area (Å²) in [5, 5.41) is 18.1. The third-order valence-corrected chi connectivity index (χ3v) is 4.17. The maximum atomic E-state index is 10.7. The predicted octanol–water partition coefficient (Wildman–Crippen LogP) is 1.50. The molecule has 3 unspecified atom stereocenters. The van der Waals surface area contributed by atoms with Gasteiger partial charge in [0.2, 0.25) is 0 Å². The molecular weight excluding hydrogens is 188 g/mol. The van der Waals surface area contributed by atoms with Gasteiger partial charge in [-0.2, -0.15) is 0 Å². The number of carboxylic acid groups (broad SMARTS) is 1. The van der Waals surface area contributed by atoms with Crippen molar-refractivity contribution >= 4 is 17.7 Å². The average molecular weight is 204 g/mol. The zero-order valence-electron chi connectivity index (χ0n) is 7.77. The third-order valence-electron chi connectivity index (χ3n) is 2.40. The number of rotatable bonds is 4. The Hall–Kier alpha value is -0.220. The number of aliphatic hydroxyl groups excluding tert-OH is 1. The van der Waals surface area contributed by atoms with E-state index in [1.165, 1.54) is 11.8 Å². The Labute approximate surface area is 82.5 Å². The molecule has 1 aliphatic rings. The summed E-state index contributed by atoms with van der Waals surface area (Å²) < 4.78 is 0. The van der Waals surface area contributed by atoms with Gasteiger partial charge in [-0.1, -0.05) is 6.92 Å². The van der Waals surface area contributed by atoms with E-state index in [1.54, 1.807) is 0 Å². The number of aliphatic hydroxyl groups is 1. The standard InChI is InChI=1S/C9H16O3S/c1-2-7(9(11)12)13-8-5-3-4-6(8)10/h6-8,10H,2-5H2,1H3,(H,11,12). The van der Waals surface area contributed by atoms with Gasteiger partial charge in [0.05, 0.1) is 6.10 Å². The first kappa shape index (κ1) is 10.9. The van der Waals surface area contributed by atoms with Crippen molar-refractivity contribution in [2.24, 2.45) is 0 Å². The zero-order chi connectivity index (χ0) is 9.84. The molecule has 1 aliphatic carbocycles. The SMILES string of the molecule is CCC(SC1CCCC1O)C(=O)O. The second-order valence-corrected chi connectivity index (χ2v) is 4.85. The van der Waals surface area contributed by atoms with Gasteiger partial charge in [0.25, 0.3) is 0 Å². The molecule has 13 heavy (non-hydrogen) atoms. The zero-order valence-corrected chi connectivity index (χ0v) is 8.59. The molecule has 0 aromatic carbocycles. The predicted molar refractivity (Wildman–Crippen MR) is 53.0 cm³/mol. The van der Waals surface area contributed by atoms with Crippen LogP contribution in [0.4, 0.5) is 0 Å². The van der Waals surface area contributed by atoms with E-state index >= 15 is 0 Å². The second-order valence-electron chi connectivity index (χ2n) is 3.41. The maximum absolute atomic E-state index is 10.7. The summed E-state index contributed by atoms with van der Waals surface area (Å²) >= 11 is 1.42.